The number of alkyl halides is 3. The normalized spacial score (nSPS) is 11.0. The van der Waals surface area contributed by atoms with Crippen molar-refractivity contribution in [1.29, 1.82) is 0 Å². The van der Waals surface area contributed by atoms with Crippen LogP contribution >= 0.6 is 0 Å². The van der Waals surface area contributed by atoms with Crippen molar-refractivity contribution in [1.82, 2.24) is 4.98 Å². The van der Waals surface area contributed by atoms with Gasteiger partial charge in [-0.25, -0.2) is 0 Å². The van der Waals surface area contributed by atoms with Gasteiger partial charge in [0.05, 0.1) is 6.20 Å². The first kappa shape index (κ1) is 9.57. The molecule has 0 aromatic carbocycles. The molecule has 70 valence electrons. The number of nitrogens with zero attached hydrogens (tertiary/aromatic N) is 1. The standard InChI is InChI=1S/C8H6F3NO/c1-2-6-3-4-12-5-7(6)13-8(9,10)11/h2-5H,1H2. The predicted molar refractivity (Wildman–Crippen MR) is 41.0 cm³/mol. The zero-order valence-electron chi connectivity index (χ0n) is 6.51. The second-order valence-corrected chi connectivity index (χ2v) is 2.17. The van der Waals surface area contributed by atoms with Crippen molar-refractivity contribution in [3.05, 3.63) is 30.6 Å². The second-order valence-electron chi connectivity index (χ2n) is 2.17. The Kier molecular flexibility index (Phi) is 2.55. The number of ether oxygens (including phenoxy) is 1. The van der Waals surface area contributed by atoms with Crippen LogP contribution in [0, 0.1) is 0 Å². The van der Waals surface area contributed by atoms with Crippen molar-refractivity contribution in [2.24, 2.45) is 0 Å². The summed E-state index contributed by atoms with van der Waals surface area (Å²) in [5.74, 6) is -0.343. The van der Waals surface area contributed by atoms with Crippen LogP contribution in [0.15, 0.2) is 25.0 Å². The number of hydrogen-bond acceptors (Lipinski definition) is 2. The van der Waals surface area contributed by atoms with Gasteiger partial charge in [-0.3, -0.25) is 4.98 Å². The minimum atomic E-state index is -4.69. The number of hydrogen-bond donors (Lipinski definition) is 0. The molecular formula is C8H6F3NO. The maximum Gasteiger partial charge on any atom is 0.573 e. The Morgan fingerprint density at radius 3 is 2.69 bits per heavy atom. The fourth-order valence-corrected chi connectivity index (χ4v) is 0.769. The van der Waals surface area contributed by atoms with E-state index in [1.807, 2.05) is 0 Å². The van der Waals surface area contributed by atoms with E-state index in [1.165, 1.54) is 18.3 Å². The van der Waals surface area contributed by atoms with E-state index in [1.54, 1.807) is 0 Å². The molecule has 0 N–H and O–H groups in total. The Morgan fingerprint density at radius 2 is 2.15 bits per heavy atom. The maximum atomic E-state index is 11.8. The fraction of sp³-hybridized carbons (Fsp3) is 0.125. The lowest BCUT2D eigenvalue weighted by Gasteiger charge is -2.09. The van der Waals surface area contributed by atoms with Crippen molar-refractivity contribution in [3.63, 3.8) is 0 Å². The van der Waals surface area contributed by atoms with E-state index in [9.17, 15) is 13.2 Å². The highest BCUT2D eigenvalue weighted by Gasteiger charge is 2.31. The van der Waals surface area contributed by atoms with Crippen molar-refractivity contribution >= 4 is 6.08 Å². The van der Waals surface area contributed by atoms with Gasteiger partial charge in [-0.2, -0.15) is 0 Å². The molecule has 0 bridgehead atoms. The summed E-state index contributed by atoms with van der Waals surface area (Å²) in [6, 6.07) is 1.38. The lowest BCUT2D eigenvalue weighted by atomic mass is 10.2. The zero-order valence-corrected chi connectivity index (χ0v) is 6.51. The van der Waals surface area contributed by atoms with Gasteiger partial charge in [-0.15, -0.1) is 13.2 Å². The Balaban J connectivity index is 2.94. The van der Waals surface area contributed by atoms with Crippen LogP contribution in [0.5, 0.6) is 5.75 Å². The Labute approximate surface area is 72.7 Å². The van der Waals surface area contributed by atoms with E-state index < -0.39 is 6.36 Å². The average Bonchev–Trinajstić information content (AvgIpc) is 2.02. The summed E-state index contributed by atoms with van der Waals surface area (Å²) >= 11 is 0. The molecule has 0 saturated heterocycles. The molecule has 0 spiro atoms. The smallest absolute Gasteiger partial charge is 0.403 e. The monoisotopic (exact) mass is 189 g/mol. The molecule has 1 aromatic rings. The van der Waals surface area contributed by atoms with Gasteiger partial charge in [-0.05, 0) is 6.07 Å². The molecule has 1 heterocycles. The van der Waals surface area contributed by atoms with E-state index in [2.05, 4.69) is 16.3 Å². The van der Waals surface area contributed by atoms with E-state index >= 15 is 0 Å². The van der Waals surface area contributed by atoms with E-state index in [0.717, 1.165) is 6.20 Å². The third-order valence-electron chi connectivity index (χ3n) is 1.26. The van der Waals surface area contributed by atoms with E-state index in [4.69, 9.17) is 0 Å². The van der Waals surface area contributed by atoms with Gasteiger partial charge in [0.2, 0.25) is 0 Å². The minimum absolute atomic E-state index is 0.257. The van der Waals surface area contributed by atoms with Gasteiger partial charge in [0.1, 0.15) is 0 Å². The Bertz CT molecular complexity index is 309. The van der Waals surface area contributed by atoms with Crippen molar-refractivity contribution in [2.45, 2.75) is 6.36 Å². The molecule has 0 saturated carbocycles. The summed E-state index contributed by atoms with van der Waals surface area (Å²) in [4.78, 5) is 3.50. The van der Waals surface area contributed by atoms with Gasteiger partial charge >= 0.3 is 6.36 Å². The third-order valence-corrected chi connectivity index (χ3v) is 1.26. The second kappa shape index (κ2) is 3.47. The van der Waals surface area contributed by atoms with Crippen LogP contribution in [0.3, 0.4) is 0 Å². The molecule has 1 rings (SSSR count). The molecule has 2 nitrogen and oxygen atoms in total. The van der Waals surface area contributed by atoms with Crippen LogP contribution in [0.1, 0.15) is 5.56 Å². The summed E-state index contributed by atoms with van der Waals surface area (Å²) in [5, 5.41) is 0. The minimum Gasteiger partial charge on any atom is -0.403 e. The number of rotatable bonds is 2. The summed E-state index contributed by atoms with van der Waals surface area (Å²) < 4.78 is 39.0. The van der Waals surface area contributed by atoms with Crippen LogP contribution < -0.4 is 4.74 Å². The van der Waals surface area contributed by atoms with Crippen LogP contribution in [0.4, 0.5) is 13.2 Å². The van der Waals surface area contributed by atoms with Crippen molar-refractivity contribution in [3.8, 4) is 5.75 Å². The van der Waals surface area contributed by atoms with Crippen LogP contribution in [-0.2, 0) is 0 Å². The quantitative estimate of drug-likeness (QED) is 0.713. The fourth-order valence-electron chi connectivity index (χ4n) is 0.769. The zero-order chi connectivity index (χ0) is 9.90. The predicted octanol–water partition coefficient (Wildman–Crippen LogP) is 2.62. The van der Waals surface area contributed by atoms with Gasteiger partial charge in [0.25, 0.3) is 0 Å². The summed E-state index contributed by atoms with van der Waals surface area (Å²) in [5.41, 5.74) is 0.257. The van der Waals surface area contributed by atoms with Gasteiger partial charge < -0.3 is 4.74 Å². The highest BCUT2D eigenvalue weighted by Crippen LogP contribution is 2.25. The summed E-state index contributed by atoms with van der Waals surface area (Å²) in [6.07, 6.45) is -1.08. The molecule has 0 aliphatic carbocycles. The molecule has 0 aliphatic heterocycles. The van der Waals surface area contributed by atoms with Gasteiger partial charge in [-0.1, -0.05) is 12.7 Å². The summed E-state index contributed by atoms with van der Waals surface area (Å²) in [6.45, 7) is 3.35. The highest BCUT2D eigenvalue weighted by molar-refractivity contribution is 5.54. The first-order valence-corrected chi connectivity index (χ1v) is 3.35. The molecule has 0 unspecified atom stereocenters. The van der Waals surface area contributed by atoms with E-state index in [0.29, 0.717) is 0 Å². The highest BCUT2D eigenvalue weighted by atomic mass is 19.4. The first-order valence-electron chi connectivity index (χ1n) is 3.35. The van der Waals surface area contributed by atoms with Gasteiger partial charge in [0.15, 0.2) is 5.75 Å². The third kappa shape index (κ3) is 2.77. The molecule has 5 heteroatoms. The SMILES string of the molecule is C=Cc1ccncc1OC(F)(F)F. The maximum absolute atomic E-state index is 11.8. The molecule has 0 atom stereocenters. The van der Waals surface area contributed by atoms with E-state index in [-0.39, 0.29) is 11.3 Å². The molecular weight excluding hydrogens is 183 g/mol. The first-order chi connectivity index (χ1) is 6.03. The van der Waals surface area contributed by atoms with Crippen LogP contribution in [0.25, 0.3) is 6.08 Å². The van der Waals surface area contributed by atoms with Gasteiger partial charge in [0, 0.05) is 11.8 Å². The lowest BCUT2D eigenvalue weighted by Crippen LogP contribution is -2.17. The molecule has 0 radical (unpaired) electrons. The van der Waals surface area contributed by atoms with Crippen LogP contribution in [0.2, 0.25) is 0 Å². The average molecular weight is 189 g/mol. The summed E-state index contributed by atoms with van der Waals surface area (Å²) in [7, 11) is 0. The molecule has 0 amide bonds. The number of aromatic nitrogens is 1. The van der Waals surface area contributed by atoms with Crippen LogP contribution in [-0.4, -0.2) is 11.3 Å². The molecule has 13 heavy (non-hydrogen) atoms. The Morgan fingerprint density at radius 1 is 1.46 bits per heavy atom. The van der Waals surface area contributed by atoms with Crippen molar-refractivity contribution < 1.29 is 17.9 Å². The molecule has 0 fully saturated rings. The number of pyridine rings is 1. The largest absolute Gasteiger partial charge is 0.573 e. The molecule has 0 aliphatic rings. The Hall–Kier alpha value is -1.52. The lowest BCUT2D eigenvalue weighted by molar-refractivity contribution is -0.274. The number of halogens is 3. The van der Waals surface area contributed by atoms with Crippen molar-refractivity contribution in [2.75, 3.05) is 0 Å². The molecule has 1 aromatic heterocycles. The topological polar surface area (TPSA) is 22.1 Å².